The summed E-state index contributed by atoms with van der Waals surface area (Å²) in [6.07, 6.45) is -1.29. The third-order valence-electron chi connectivity index (χ3n) is 1.51. The van der Waals surface area contributed by atoms with Gasteiger partial charge in [-0.05, 0) is 22.6 Å². The highest BCUT2D eigenvalue weighted by molar-refractivity contribution is 14.1. The highest BCUT2D eigenvalue weighted by atomic mass is 127. The Balaban J connectivity index is 3.30. The third-order valence-corrected chi connectivity index (χ3v) is 3.35. The van der Waals surface area contributed by atoms with Gasteiger partial charge in [0.1, 0.15) is 5.69 Å². The zero-order valence-corrected chi connectivity index (χ0v) is 10.1. The minimum Gasteiger partial charge on any atom is -0.397 e. The molecule has 13 heavy (non-hydrogen) atoms. The molecule has 0 radical (unpaired) electrons. The van der Waals surface area contributed by atoms with Crippen molar-refractivity contribution in [3.05, 3.63) is 21.0 Å². The standard InChI is InChI=1S/C7H6BrF2IN2/c8-1-3-5(11)4(12)2-13-6(3)7(9)10/h2,7H,1,12H2. The van der Waals surface area contributed by atoms with E-state index in [0.29, 0.717) is 20.2 Å². The van der Waals surface area contributed by atoms with Crippen molar-refractivity contribution in [2.24, 2.45) is 0 Å². The lowest BCUT2D eigenvalue weighted by Gasteiger charge is -2.08. The van der Waals surface area contributed by atoms with E-state index in [1.54, 1.807) is 0 Å². The number of nitrogens with zero attached hydrogens (tertiary/aromatic N) is 1. The predicted octanol–water partition coefficient (Wildman–Crippen LogP) is 3.10. The highest BCUT2D eigenvalue weighted by Gasteiger charge is 2.17. The topological polar surface area (TPSA) is 38.9 Å². The Hall–Kier alpha value is 0.0200. The maximum atomic E-state index is 12.4. The number of pyridine rings is 1. The second kappa shape index (κ2) is 4.50. The molecule has 0 unspecified atom stereocenters. The molecule has 1 rings (SSSR count). The monoisotopic (exact) mass is 362 g/mol. The number of halogens is 4. The summed E-state index contributed by atoms with van der Waals surface area (Å²) in [7, 11) is 0. The number of alkyl halides is 3. The second-order valence-corrected chi connectivity index (χ2v) is 3.97. The molecule has 0 aliphatic carbocycles. The van der Waals surface area contributed by atoms with E-state index in [0.717, 1.165) is 0 Å². The summed E-state index contributed by atoms with van der Waals surface area (Å²) in [4.78, 5) is 3.60. The van der Waals surface area contributed by atoms with Gasteiger partial charge in [-0.15, -0.1) is 0 Å². The van der Waals surface area contributed by atoms with E-state index >= 15 is 0 Å². The Bertz CT molecular complexity index is 320. The van der Waals surface area contributed by atoms with Gasteiger partial charge in [-0.2, -0.15) is 0 Å². The lowest BCUT2D eigenvalue weighted by atomic mass is 10.2. The van der Waals surface area contributed by atoms with Crippen LogP contribution in [-0.2, 0) is 5.33 Å². The summed E-state index contributed by atoms with van der Waals surface area (Å²) < 4.78 is 25.4. The smallest absolute Gasteiger partial charge is 0.280 e. The predicted molar refractivity (Wildman–Crippen MR) is 59.0 cm³/mol. The minimum atomic E-state index is -2.55. The molecule has 2 nitrogen and oxygen atoms in total. The maximum Gasteiger partial charge on any atom is 0.280 e. The molecule has 0 spiro atoms. The molecule has 72 valence electrons. The first-order valence-electron chi connectivity index (χ1n) is 3.34. The molecule has 0 fully saturated rings. The lowest BCUT2D eigenvalue weighted by Crippen LogP contribution is -2.03. The molecule has 0 aliphatic heterocycles. The first-order chi connectivity index (χ1) is 6.07. The summed E-state index contributed by atoms with van der Waals surface area (Å²) in [5.41, 5.74) is 6.23. The molecule has 0 atom stereocenters. The van der Waals surface area contributed by atoms with E-state index in [9.17, 15) is 8.78 Å². The van der Waals surface area contributed by atoms with Crippen molar-refractivity contribution in [1.82, 2.24) is 4.98 Å². The van der Waals surface area contributed by atoms with Gasteiger partial charge in [-0.25, -0.2) is 8.78 Å². The molecule has 1 aromatic rings. The van der Waals surface area contributed by atoms with Gasteiger partial charge in [0.05, 0.1) is 11.9 Å². The van der Waals surface area contributed by atoms with Crippen molar-refractivity contribution in [1.29, 1.82) is 0 Å². The van der Waals surface area contributed by atoms with Crippen LogP contribution in [0.2, 0.25) is 0 Å². The number of hydrogen-bond acceptors (Lipinski definition) is 2. The van der Waals surface area contributed by atoms with Crippen molar-refractivity contribution >= 4 is 44.2 Å². The zero-order chi connectivity index (χ0) is 10.0. The van der Waals surface area contributed by atoms with Crippen LogP contribution in [0.1, 0.15) is 17.7 Å². The second-order valence-electron chi connectivity index (χ2n) is 2.33. The Morgan fingerprint density at radius 1 is 1.62 bits per heavy atom. The van der Waals surface area contributed by atoms with Crippen LogP contribution >= 0.6 is 38.5 Å². The van der Waals surface area contributed by atoms with Crippen LogP contribution in [0.25, 0.3) is 0 Å². The zero-order valence-electron chi connectivity index (χ0n) is 6.40. The average Bonchev–Trinajstić information content (AvgIpc) is 2.09. The van der Waals surface area contributed by atoms with E-state index in [2.05, 4.69) is 20.9 Å². The molecule has 0 amide bonds. The first-order valence-corrected chi connectivity index (χ1v) is 5.54. The Morgan fingerprint density at radius 2 is 2.23 bits per heavy atom. The van der Waals surface area contributed by atoms with Crippen LogP contribution in [0.3, 0.4) is 0 Å². The van der Waals surface area contributed by atoms with Crippen LogP contribution in [0.4, 0.5) is 14.5 Å². The maximum absolute atomic E-state index is 12.4. The van der Waals surface area contributed by atoms with E-state index in [1.807, 2.05) is 22.6 Å². The number of hydrogen-bond donors (Lipinski definition) is 1. The molecule has 0 bridgehead atoms. The molecule has 1 aromatic heterocycles. The fourth-order valence-corrected chi connectivity index (χ4v) is 2.57. The van der Waals surface area contributed by atoms with Gasteiger partial charge in [0.2, 0.25) is 0 Å². The summed E-state index contributed by atoms with van der Waals surface area (Å²) >= 11 is 5.06. The van der Waals surface area contributed by atoms with E-state index in [1.165, 1.54) is 6.20 Å². The van der Waals surface area contributed by atoms with Gasteiger partial charge in [-0.1, -0.05) is 15.9 Å². The fourth-order valence-electron chi connectivity index (χ4n) is 0.876. The van der Waals surface area contributed by atoms with Crippen molar-refractivity contribution in [2.45, 2.75) is 11.8 Å². The van der Waals surface area contributed by atoms with E-state index in [4.69, 9.17) is 5.73 Å². The summed E-state index contributed by atoms with van der Waals surface area (Å²) in [5.74, 6) is 0. The molecular formula is C7H6BrF2IN2. The molecular weight excluding hydrogens is 357 g/mol. The molecule has 0 aliphatic rings. The number of nitrogen functional groups attached to an aromatic ring is 1. The summed E-state index contributed by atoms with van der Waals surface area (Å²) in [5, 5.41) is 0.336. The average molecular weight is 363 g/mol. The van der Waals surface area contributed by atoms with Gasteiger partial charge < -0.3 is 5.73 Å². The van der Waals surface area contributed by atoms with Crippen LogP contribution in [0, 0.1) is 3.57 Å². The normalized spacial score (nSPS) is 10.8. The summed E-state index contributed by atoms with van der Waals surface area (Å²) in [6.45, 7) is 0. The number of anilines is 1. The van der Waals surface area contributed by atoms with Crippen LogP contribution in [-0.4, -0.2) is 4.98 Å². The van der Waals surface area contributed by atoms with E-state index < -0.39 is 6.43 Å². The minimum absolute atomic E-state index is 0.199. The SMILES string of the molecule is Nc1cnc(C(F)F)c(CBr)c1I. The third kappa shape index (κ3) is 2.28. The van der Waals surface area contributed by atoms with Crippen molar-refractivity contribution in [3.63, 3.8) is 0 Å². The van der Waals surface area contributed by atoms with Gasteiger partial charge in [0.25, 0.3) is 6.43 Å². The Kier molecular flexibility index (Phi) is 3.84. The summed E-state index contributed by atoms with van der Waals surface area (Å²) in [6, 6.07) is 0. The Labute approximate surface area is 96.2 Å². The first kappa shape index (κ1) is 11.1. The van der Waals surface area contributed by atoms with Crippen molar-refractivity contribution in [2.75, 3.05) is 5.73 Å². The van der Waals surface area contributed by atoms with Gasteiger partial charge in [-0.3, -0.25) is 4.98 Å². The van der Waals surface area contributed by atoms with Gasteiger partial charge >= 0.3 is 0 Å². The van der Waals surface area contributed by atoms with Crippen LogP contribution in [0.5, 0.6) is 0 Å². The fraction of sp³-hybridized carbons (Fsp3) is 0.286. The highest BCUT2D eigenvalue weighted by Crippen LogP contribution is 2.29. The van der Waals surface area contributed by atoms with Gasteiger partial charge in [0.15, 0.2) is 0 Å². The van der Waals surface area contributed by atoms with Crippen LogP contribution < -0.4 is 5.73 Å². The molecule has 0 aromatic carbocycles. The number of nitrogens with two attached hydrogens (primary N) is 1. The number of aromatic nitrogens is 1. The molecule has 6 heteroatoms. The quantitative estimate of drug-likeness (QED) is 0.648. The molecule has 0 saturated heterocycles. The molecule has 1 heterocycles. The van der Waals surface area contributed by atoms with Crippen LogP contribution in [0.15, 0.2) is 6.20 Å². The van der Waals surface area contributed by atoms with E-state index in [-0.39, 0.29) is 5.69 Å². The molecule has 2 N–H and O–H groups in total. The van der Waals surface area contributed by atoms with Gasteiger partial charge in [0, 0.05) is 14.5 Å². The molecule has 0 saturated carbocycles. The van der Waals surface area contributed by atoms with Crippen molar-refractivity contribution < 1.29 is 8.78 Å². The largest absolute Gasteiger partial charge is 0.397 e. The number of rotatable bonds is 2. The Morgan fingerprint density at radius 3 is 2.69 bits per heavy atom. The van der Waals surface area contributed by atoms with Crippen molar-refractivity contribution in [3.8, 4) is 0 Å². The lowest BCUT2D eigenvalue weighted by molar-refractivity contribution is 0.145.